The minimum Gasteiger partial charge on any atom is -0.0840 e. The van der Waals surface area contributed by atoms with Gasteiger partial charge in [0.1, 0.15) is 0 Å². The van der Waals surface area contributed by atoms with Crippen LogP contribution in [0.2, 0.25) is 0 Å². The van der Waals surface area contributed by atoms with Crippen LogP contribution in [-0.2, 0) is 0 Å². The molecule has 0 nitrogen and oxygen atoms in total. The van der Waals surface area contributed by atoms with Crippen LogP contribution >= 0.6 is 8.58 Å². The molecule has 4 fully saturated rings. The largest absolute Gasteiger partial charge is 0.0840 e. The average Bonchev–Trinajstić information content (AvgIpc) is 2.27. The summed E-state index contributed by atoms with van der Waals surface area (Å²) in [4.78, 5) is 0. The summed E-state index contributed by atoms with van der Waals surface area (Å²) >= 11 is 0. The summed E-state index contributed by atoms with van der Waals surface area (Å²) in [7, 11) is 1.08. The van der Waals surface area contributed by atoms with Gasteiger partial charge in [0.15, 0.2) is 0 Å². The smallest absolute Gasteiger partial charge is 0.00737 e. The van der Waals surface area contributed by atoms with E-state index in [4.69, 9.17) is 0 Å². The van der Waals surface area contributed by atoms with E-state index in [9.17, 15) is 0 Å². The van der Waals surface area contributed by atoms with Crippen LogP contribution in [0.15, 0.2) is 30.3 Å². The number of benzene rings is 1. The maximum atomic E-state index is 2.34. The lowest BCUT2D eigenvalue weighted by Crippen LogP contribution is -2.48. The van der Waals surface area contributed by atoms with Crippen LogP contribution in [0.3, 0.4) is 0 Å². The molecule has 1 heteroatoms. The van der Waals surface area contributed by atoms with Gasteiger partial charge in [0, 0.05) is 0 Å². The van der Waals surface area contributed by atoms with Gasteiger partial charge >= 0.3 is 0 Å². The molecular weight excluding hydrogens is 223 g/mol. The summed E-state index contributed by atoms with van der Waals surface area (Å²) in [5, 5.41) is 2.34. The van der Waals surface area contributed by atoms with Gasteiger partial charge in [-0.2, -0.15) is 0 Å². The minimum absolute atomic E-state index is 0.732. The molecule has 4 bridgehead atoms. The van der Waals surface area contributed by atoms with E-state index in [-0.39, 0.29) is 0 Å². The van der Waals surface area contributed by atoms with Crippen molar-refractivity contribution >= 4 is 13.9 Å². The summed E-state index contributed by atoms with van der Waals surface area (Å²) in [6, 6.07) is 11.3. The number of rotatable bonds is 2. The lowest BCUT2D eigenvalue weighted by Gasteiger charge is -2.57. The van der Waals surface area contributed by atoms with Crippen molar-refractivity contribution in [3.63, 3.8) is 0 Å². The Morgan fingerprint density at radius 3 is 1.88 bits per heavy atom. The maximum absolute atomic E-state index is 2.34. The molecule has 4 saturated carbocycles. The molecule has 17 heavy (non-hydrogen) atoms. The summed E-state index contributed by atoms with van der Waals surface area (Å²) in [6.45, 7) is 0. The number of hydrogen-bond acceptors (Lipinski definition) is 0. The maximum Gasteiger partial charge on any atom is -0.00737 e. The zero-order chi connectivity index (χ0) is 11.3. The van der Waals surface area contributed by atoms with Crippen molar-refractivity contribution in [1.29, 1.82) is 0 Å². The highest BCUT2D eigenvalue weighted by molar-refractivity contribution is 7.49. The molecule has 5 rings (SSSR count). The predicted molar refractivity (Wildman–Crippen MR) is 75.3 cm³/mol. The molecule has 4 aliphatic rings. The molecule has 0 radical (unpaired) electrons. The fraction of sp³-hybridized carbons (Fsp3) is 0.625. The summed E-state index contributed by atoms with van der Waals surface area (Å²) in [5.41, 5.74) is 0. The van der Waals surface area contributed by atoms with Gasteiger partial charge in [0.2, 0.25) is 0 Å². The van der Waals surface area contributed by atoms with E-state index >= 15 is 0 Å². The quantitative estimate of drug-likeness (QED) is 0.691. The molecular formula is C16H21P. The Kier molecular flexibility index (Phi) is 2.37. The Morgan fingerprint density at radius 2 is 1.35 bits per heavy atom. The zero-order valence-electron chi connectivity index (χ0n) is 10.4. The van der Waals surface area contributed by atoms with Gasteiger partial charge in [-0.25, -0.2) is 0 Å². The molecule has 0 spiro atoms. The van der Waals surface area contributed by atoms with Crippen LogP contribution in [-0.4, -0.2) is 5.16 Å². The van der Waals surface area contributed by atoms with Crippen LogP contribution in [0.1, 0.15) is 38.5 Å². The van der Waals surface area contributed by atoms with Crippen LogP contribution < -0.4 is 5.30 Å². The van der Waals surface area contributed by atoms with E-state index in [0.717, 1.165) is 31.5 Å². The molecule has 1 atom stereocenters. The highest BCUT2D eigenvalue weighted by Crippen LogP contribution is 2.62. The highest BCUT2D eigenvalue weighted by Gasteiger charge is 2.50. The van der Waals surface area contributed by atoms with Gasteiger partial charge < -0.3 is 0 Å². The molecule has 0 heterocycles. The predicted octanol–water partition coefficient (Wildman–Crippen LogP) is 3.96. The van der Waals surface area contributed by atoms with Crippen molar-refractivity contribution in [2.24, 2.45) is 17.8 Å². The zero-order valence-corrected chi connectivity index (χ0v) is 11.4. The van der Waals surface area contributed by atoms with Gasteiger partial charge in [-0.3, -0.25) is 0 Å². The molecule has 90 valence electrons. The Balaban J connectivity index is 1.61. The molecule has 0 aliphatic heterocycles. The second-order valence-electron chi connectivity index (χ2n) is 6.69. The molecule has 0 amide bonds. The van der Waals surface area contributed by atoms with E-state index < -0.39 is 0 Å². The van der Waals surface area contributed by atoms with Gasteiger partial charge in [0.25, 0.3) is 0 Å². The fourth-order valence-electron chi connectivity index (χ4n) is 5.09. The Labute approximate surface area is 106 Å². The van der Waals surface area contributed by atoms with Gasteiger partial charge in [-0.1, -0.05) is 38.9 Å². The Hall–Kier alpha value is -0.350. The third-order valence-electron chi connectivity index (χ3n) is 5.22. The fourth-order valence-corrected chi connectivity index (χ4v) is 7.24. The second-order valence-corrected chi connectivity index (χ2v) is 8.58. The summed E-state index contributed by atoms with van der Waals surface area (Å²) in [6.07, 6.45) is 9.35. The minimum atomic E-state index is 0.732. The highest BCUT2D eigenvalue weighted by atomic mass is 31.1. The van der Waals surface area contributed by atoms with Crippen molar-refractivity contribution in [2.75, 3.05) is 0 Å². The topological polar surface area (TPSA) is 0 Å². The van der Waals surface area contributed by atoms with E-state index in [2.05, 4.69) is 30.3 Å². The normalized spacial score (nSPS) is 43.6. The van der Waals surface area contributed by atoms with Gasteiger partial charge in [-0.05, 0) is 66.7 Å². The second kappa shape index (κ2) is 3.82. The molecule has 0 aromatic heterocycles. The van der Waals surface area contributed by atoms with Crippen molar-refractivity contribution in [2.45, 2.75) is 43.7 Å². The van der Waals surface area contributed by atoms with E-state index in [0.29, 0.717) is 0 Å². The monoisotopic (exact) mass is 244 g/mol. The average molecular weight is 244 g/mol. The number of hydrogen-bond donors (Lipinski definition) is 0. The third kappa shape index (κ3) is 1.85. The first-order valence-electron chi connectivity index (χ1n) is 7.15. The Morgan fingerprint density at radius 1 is 0.824 bits per heavy atom. The molecule has 1 aromatic rings. The van der Waals surface area contributed by atoms with Crippen molar-refractivity contribution in [3.05, 3.63) is 30.3 Å². The van der Waals surface area contributed by atoms with E-state index in [1.54, 1.807) is 43.8 Å². The molecule has 0 saturated heterocycles. The standard InChI is InChI=1S/C16H21P/c1-2-4-15(5-3-1)17-16-9-12-6-13(10-16)8-14(7-12)11-16/h1-5,12-14,17H,6-11H2. The first kappa shape index (κ1) is 10.6. The SMILES string of the molecule is c1ccc(PC23CC4CC(CC(C4)C2)C3)cc1. The van der Waals surface area contributed by atoms with Crippen LogP contribution in [0.25, 0.3) is 0 Å². The molecule has 0 N–H and O–H groups in total. The Bertz CT molecular complexity index is 374. The van der Waals surface area contributed by atoms with Crippen LogP contribution in [0, 0.1) is 17.8 Å². The molecule has 1 unspecified atom stereocenters. The van der Waals surface area contributed by atoms with E-state index in [1.807, 2.05) is 0 Å². The molecule has 1 aromatic carbocycles. The first-order chi connectivity index (χ1) is 8.31. The summed E-state index contributed by atoms with van der Waals surface area (Å²) < 4.78 is 0. The van der Waals surface area contributed by atoms with Crippen LogP contribution in [0.5, 0.6) is 0 Å². The van der Waals surface area contributed by atoms with Gasteiger partial charge in [0.05, 0.1) is 0 Å². The van der Waals surface area contributed by atoms with Crippen molar-refractivity contribution in [3.8, 4) is 0 Å². The van der Waals surface area contributed by atoms with Crippen molar-refractivity contribution in [1.82, 2.24) is 0 Å². The summed E-state index contributed by atoms with van der Waals surface area (Å²) in [5.74, 6) is 3.28. The lowest BCUT2D eigenvalue weighted by molar-refractivity contribution is 0.0372. The van der Waals surface area contributed by atoms with Crippen LogP contribution in [0.4, 0.5) is 0 Å². The lowest BCUT2D eigenvalue weighted by atomic mass is 9.56. The molecule has 4 aliphatic carbocycles. The van der Waals surface area contributed by atoms with E-state index in [1.165, 1.54) is 0 Å². The first-order valence-corrected chi connectivity index (χ1v) is 8.15. The van der Waals surface area contributed by atoms with Gasteiger partial charge in [-0.15, -0.1) is 0 Å². The van der Waals surface area contributed by atoms with Crippen molar-refractivity contribution < 1.29 is 0 Å². The third-order valence-corrected chi connectivity index (χ3v) is 6.99.